The SMILES string of the molecule is CC1(C)CC2CC(C)(CN2S(N)(=O)=O)C1. The molecule has 1 heterocycles. The van der Waals surface area contributed by atoms with E-state index in [1.807, 2.05) is 0 Å². The van der Waals surface area contributed by atoms with E-state index in [0.29, 0.717) is 6.54 Å². The van der Waals surface area contributed by atoms with Crippen LogP contribution in [0.1, 0.15) is 40.0 Å². The second-order valence-corrected chi connectivity index (χ2v) is 7.80. The summed E-state index contributed by atoms with van der Waals surface area (Å²) in [5.74, 6) is 0. The summed E-state index contributed by atoms with van der Waals surface area (Å²) in [4.78, 5) is 0. The first-order valence-corrected chi connectivity index (χ1v) is 6.91. The summed E-state index contributed by atoms with van der Waals surface area (Å²) in [7, 11) is -3.51. The molecule has 15 heavy (non-hydrogen) atoms. The second kappa shape index (κ2) is 2.96. The maximum atomic E-state index is 11.4. The van der Waals surface area contributed by atoms with Gasteiger partial charge in [-0.05, 0) is 30.1 Å². The van der Waals surface area contributed by atoms with Gasteiger partial charge < -0.3 is 0 Å². The van der Waals surface area contributed by atoms with Gasteiger partial charge in [0.05, 0.1) is 0 Å². The molecule has 88 valence electrons. The number of nitrogens with zero attached hydrogens (tertiary/aromatic N) is 1. The summed E-state index contributed by atoms with van der Waals surface area (Å²) < 4.78 is 24.4. The lowest BCUT2D eigenvalue weighted by molar-refractivity contribution is 0.133. The quantitative estimate of drug-likeness (QED) is 0.735. The fourth-order valence-corrected chi connectivity index (χ4v) is 4.76. The molecule has 1 aliphatic carbocycles. The Kier molecular flexibility index (Phi) is 2.24. The normalized spacial score (nSPS) is 40.7. The van der Waals surface area contributed by atoms with Crippen LogP contribution in [-0.2, 0) is 10.2 Å². The van der Waals surface area contributed by atoms with Crippen LogP contribution in [0.5, 0.6) is 0 Å². The molecule has 0 aromatic rings. The molecular formula is C10H20N2O2S. The lowest BCUT2D eigenvalue weighted by Crippen LogP contribution is -2.41. The second-order valence-electron chi connectivity index (χ2n) is 6.30. The fourth-order valence-electron chi connectivity index (χ4n) is 3.71. The predicted octanol–water partition coefficient (Wildman–Crippen LogP) is 1.09. The molecule has 2 fully saturated rings. The van der Waals surface area contributed by atoms with E-state index >= 15 is 0 Å². The van der Waals surface area contributed by atoms with Crippen molar-refractivity contribution in [2.45, 2.75) is 46.1 Å². The standard InChI is InChI=1S/C10H20N2O2S/c1-9(2)4-8-5-10(3,6-9)7-12(8)15(11,13)14/h8H,4-7H2,1-3H3,(H2,11,13,14). The van der Waals surface area contributed by atoms with E-state index in [-0.39, 0.29) is 16.9 Å². The molecular weight excluding hydrogens is 212 g/mol. The van der Waals surface area contributed by atoms with Crippen molar-refractivity contribution in [1.29, 1.82) is 0 Å². The van der Waals surface area contributed by atoms with Crippen molar-refractivity contribution in [3.63, 3.8) is 0 Å². The highest BCUT2D eigenvalue weighted by atomic mass is 32.2. The number of hydrogen-bond acceptors (Lipinski definition) is 2. The van der Waals surface area contributed by atoms with Crippen LogP contribution in [0.3, 0.4) is 0 Å². The van der Waals surface area contributed by atoms with Gasteiger partial charge in [-0.2, -0.15) is 12.7 Å². The van der Waals surface area contributed by atoms with Gasteiger partial charge in [0.1, 0.15) is 0 Å². The van der Waals surface area contributed by atoms with E-state index in [2.05, 4.69) is 20.8 Å². The molecule has 2 N–H and O–H groups in total. The molecule has 5 heteroatoms. The molecule has 2 bridgehead atoms. The zero-order valence-electron chi connectivity index (χ0n) is 9.66. The van der Waals surface area contributed by atoms with E-state index in [9.17, 15) is 8.42 Å². The Morgan fingerprint density at radius 1 is 1.27 bits per heavy atom. The predicted molar refractivity (Wildman–Crippen MR) is 59.3 cm³/mol. The Hall–Kier alpha value is -0.130. The van der Waals surface area contributed by atoms with Gasteiger partial charge in [-0.25, -0.2) is 5.14 Å². The van der Waals surface area contributed by atoms with Crippen LogP contribution in [0.25, 0.3) is 0 Å². The van der Waals surface area contributed by atoms with Crippen LogP contribution in [0.2, 0.25) is 0 Å². The lowest BCUT2D eigenvalue weighted by Gasteiger charge is -2.39. The molecule has 2 aliphatic rings. The third-order valence-corrected chi connectivity index (χ3v) is 4.77. The maximum absolute atomic E-state index is 11.4. The minimum atomic E-state index is -3.51. The minimum Gasteiger partial charge on any atom is -0.216 e. The summed E-state index contributed by atoms with van der Waals surface area (Å²) >= 11 is 0. The van der Waals surface area contributed by atoms with Crippen LogP contribution >= 0.6 is 0 Å². The van der Waals surface area contributed by atoms with Gasteiger partial charge in [0.15, 0.2) is 0 Å². The Morgan fingerprint density at radius 2 is 1.87 bits per heavy atom. The summed E-state index contributed by atoms with van der Waals surface area (Å²) in [5, 5.41) is 5.24. The minimum absolute atomic E-state index is 0.119. The monoisotopic (exact) mass is 232 g/mol. The molecule has 4 nitrogen and oxygen atoms in total. The van der Waals surface area contributed by atoms with Crippen molar-refractivity contribution < 1.29 is 8.42 Å². The van der Waals surface area contributed by atoms with E-state index in [1.54, 1.807) is 0 Å². The van der Waals surface area contributed by atoms with Crippen LogP contribution in [0.4, 0.5) is 0 Å². The van der Waals surface area contributed by atoms with Gasteiger partial charge in [0.2, 0.25) is 0 Å². The van der Waals surface area contributed by atoms with E-state index in [0.717, 1.165) is 19.3 Å². The van der Waals surface area contributed by atoms with Crippen molar-refractivity contribution in [1.82, 2.24) is 4.31 Å². The van der Waals surface area contributed by atoms with Crippen LogP contribution in [0.15, 0.2) is 0 Å². The molecule has 0 radical (unpaired) electrons. The van der Waals surface area contributed by atoms with Crippen molar-refractivity contribution in [3.05, 3.63) is 0 Å². The van der Waals surface area contributed by atoms with Crippen molar-refractivity contribution in [2.24, 2.45) is 16.0 Å². The third-order valence-electron chi connectivity index (χ3n) is 3.69. The maximum Gasteiger partial charge on any atom is 0.277 e. The molecule has 1 saturated carbocycles. The summed E-state index contributed by atoms with van der Waals surface area (Å²) in [6.45, 7) is 7.19. The smallest absolute Gasteiger partial charge is 0.216 e. The summed E-state index contributed by atoms with van der Waals surface area (Å²) in [6, 6.07) is 0.119. The summed E-state index contributed by atoms with van der Waals surface area (Å²) in [6.07, 6.45) is 2.98. The average Bonchev–Trinajstić information content (AvgIpc) is 2.17. The van der Waals surface area contributed by atoms with Gasteiger partial charge in [-0.15, -0.1) is 0 Å². The lowest BCUT2D eigenvalue weighted by atomic mass is 9.65. The van der Waals surface area contributed by atoms with Crippen LogP contribution < -0.4 is 5.14 Å². The Balaban J connectivity index is 2.32. The van der Waals surface area contributed by atoms with Crippen LogP contribution in [-0.4, -0.2) is 25.3 Å². The van der Waals surface area contributed by atoms with E-state index in [1.165, 1.54) is 4.31 Å². The third kappa shape index (κ3) is 2.05. The van der Waals surface area contributed by atoms with E-state index < -0.39 is 10.2 Å². The van der Waals surface area contributed by atoms with Crippen molar-refractivity contribution >= 4 is 10.2 Å². The van der Waals surface area contributed by atoms with Gasteiger partial charge in [-0.1, -0.05) is 20.8 Å². The molecule has 1 saturated heterocycles. The first kappa shape index (κ1) is 11.4. The van der Waals surface area contributed by atoms with Crippen LogP contribution in [0, 0.1) is 10.8 Å². The molecule has 0 aromatic carbocycles. The highest BCUT2D eigenvalue weighted by Crippen LogP contribution is 2.52. The fraction of sp³-hybridized carbons (Fsp3) is 1.00. The van der Waals surface area contributed by atoms with Crippen molar-refractivity contribution in [2.75, 3.05) is 6.54 Å². The zero-order valence-corrected chi connectivity index (χ0v) is 10.5. The number of rotatable bonds is 1. The van der Waals surface area contributed by atoms with Gasteiger partial charge in [0.25, 0.3) is 10.2 Å². The average molecular weight is 232 g/mol. The van der Waals surface area contributed by atoms with Gasteiger partial charge in [0, 0.05) is 12.6 Å². The number of fused-ring (bicyclic) bond motifs is 2. The Morgan fingerprint density at radius 3 is 2.40 bits per heavy atom. The summed E-state index contributed by atoms with van der Waals surface area (Å²) in [5.41, 5.74) is 0.357. The molecule has 0 aromatic heterocycles. The Bertz CT molecular complexity index is 377. The molecule has 0 amide bonds. The topological polar surface area (TPSA) is 63.4 Å². The molecule has 2 rings (SSSR count). The molecule has 1 aliphatic heterocycles. The number of nitrogens with two attached hydrogens (primary N) is 1. The first-order valence-electron chi connectivity index (χ1n) is 5.41. The molecule has 2 atom stereocenters. The zero-order chi connectivity index (χ0) is 11.5. The van der Waals surface area contributed by atoms with Gasteiger partial charge >= 0.3 is 0 Å². The van der Waals surface area contributed by atoms with Crippen molar-refractivity contribution in [3.8, 4) is 0 Å². The molecule has 2 unspecified atom stereocenters. The Labute approximate surface area is 92.0 Å². The highest BCUT2D eigenvalue weighted by molar-refractivity contribution is 7.86. The van der Waals surface area contributed by atoms with Gasteiger partial charge in [-0.3, -0.25) is 0 Å². The first-order chi connectivity index (χ1) is 6.61. The van der Waals surface area contributed by atoms with E-state index in [4.69, 9.17) is 5.14 Å². The molecule has 0 spiro atoms. The largest absolute Gasteiger partial charge is 0.277 e. The highest BCUT2D eigenvalue weighted by Gasteiger charge is 2.52. The number of hydrogen-bond donors (Lipinski definition) is 1.